The molecule has 4 rings (SSSR count). The molecular formula is C30H30F3N5O5. The van der Waals surface area contributed by atoms with Crippen LogP contribution in [0.5, 0.6) is 11.5 Å². The molecule has 0 aromatic heterocycles. The Morgan fingerprint density at radius 1 is 1.09 bits per heavy atom. The van der Waals surface area contributed by atoms with Crippen molar-refractivity contribution in [1.29, 1.82) is 0 Å². The Balaban J connectivity index is 1.61. The summed E-state index contributed by atoms with van der Waals surface area (Å²) in [4.78, 5) is 21.6. The lowest BCUT2D eigenvalue weighted by atomic mass is 9.84. The molecule has 3 aromatic rings. The van der Waals surface area contributed by atoms with Crippen molar-refractivity contribution in [3.8, 4) is 11.5 Å². The number of halogens is 3. The molecule has 0 saturated heterocycles. The maximum Gasteiger partial charge on any atom is 0.573 e. The molecule has 2 atom stereocenters. The number of aliphatic hydroxyl groups is 1. The highest BCUT2D eigenvalue weighted by Crippen LogP contribution is 2.34. The predicted molar refractivity (Wildman–Crippen MR) is 151 cm³/mol. The topological polar surface area (TPSA) is 138 Å². The van der Waals surface area contributed by atoms with Crippen molar-refractivity contribution in [2.75, 3.05) is 13.2 Å². The van der Waals surface area contributed by atoms with Gasteiger partial charge in [0.15, 0.2) is 5.54 Å². The molecule has 226 valence electrons. The zero-order valence-corrected chi connectivity index (χ0v) is 23.3. The van der Waals surface area contributed by atoms with Crippen LogP contribution in [0.2, 0.25) is 0 Å². The number of carbonyl (C=O) groups excluding carboxylic acids is 1. The summed E-state index contributed by atoms with van der Waals surface area (Å²) >= 11 is 0. The molecule has 2 N–H and O–H groups in total. The number of carbonyl (C=O) groups is 1. The summed E-state index contributed by atoms with van der Waals surface area (Å²) in [6, 6.07) is 19.4. The van der Waals surface area contributed by atoms with Crippen molar-refractivity contribution in [2.45, 2.75) is 50.9 Å². The monoisotopic (exact) mass is 597 g/mol. The Hall–Kier alpha value is -4.74. The second-order valence-electron chi connectivity index (χ2n) is 9.76. The summed E-state index contributed by atoms with van der Waals surface area (Å²) in [6.45, 7) is 2.22. The molecule has 1 heterocycles. The quantitative estimate of drug-likeness (QED) is 0.114. The molecule has 1 amide bonds. The van der Waals surface area contributed by atoms with E-state index in [9.17, 15) is 18.0 Å². The second-order valence-corrected chi connectivity index (χ2v) is 9.76. The number of benzene rings is 3. The minimum absolute atomic E-state index is 0.0186. The maximum atomic E-state index is 13.9. The third-order valence-corrected chi connectivity index (χ3v) is 6.82. The Bertz CT molecular complexity index is 1470. The Kier molecular flexibility index (Phi) is 10.1. The third-order valence-electron chi connectivity index (χ3n) is 6.82. The van der Waals surface area contributed by atoms with Crippen molar-refractivity contribution < 1.29 is 37.3 Å². The fourth-order valence-corrected chi connectivity index (χ4v) is 4.57. The zero-order valence-electron chi connectivity index (χ0n) is 23.3. The fraction of sp³-hybridized carbons (Fsp3) is 0.333. The van der Waals surface area contributed by atoms with Crippen LogP contribution in [0.25, 0.3) is 10.4 Å². The molecule has 1 aliphatic rings. The van der Waals surface area contributed by atoms with Gasteiger partial charge in [-0.3, -0.25) is 4.79 Å². The minimum Gasteiger partial charge on any atom is -0.494 e. The largest absolute Gasteiger partial charge is 0.573 e. The summed E-state index contributed by atoms with van der Waals surface area (Å²) in [5, 5.41) is 15.5. The van der Waals surface area contributed by atoms with Gasteiger partial charge in [-0.25, -0.2) is 4.99 Å². The maximum absolute atomic E-state index is 13.9. The fourth-order valence-electron chi connectivity index (χ4n) is 4.57. The summed E-state index contributed by atoms with van der Waals surface area (Å²) in [7, 11) is 0. The van der Waals surface area contributed by atoms with Gasteiger partial charge in [-0.05, 0) is 65.5 Å². The number of aliphatic imine (C=N–C) groups is 1. The lowest BCUT2D eigenvalue weighted by Crippen LogP contribution is -2.52. The summed E-state index contributed by atoms with van der Waals surface area (Å²) in [5.74, 6) is 0.0398. The van der Waals surface area contributed by atoms with E-state index < -0.39 is 23.9 Å². The lowest BCUT2D eigenvalue weighted by molar-refractivity contribution is -0.274. The molecule has 0 saturated carbocycles. The van der Waals surface area contributed by atoms with Gasteiger partial charge in [-0.1, -0.05) is 41.5 Å². The summed E-state index contributed by atoms with van der Waals surface area (Å²) < 4.78 is 53.2. The van der Waals surface area contributed by atoms with Gasteiger partial charge >= 0.3 is 6.36 Å². The van der Waals surface area contributed by atoms with E-state index in [1.807, 2.05) is 12.1 Å². The van der Waals surface area contributed by atoms with E-state index in [0.29, 0.717) is 29.9 Å². The van der Waals surface area contributed by atoms with Crippen LogP contribution in [0, 0.1) is 0 Å². The van der Waals surface area contributed by atoms with Crippen LogP contribution in [0.4, 0.5) is 13.2 Å². The predicted octanol–water partition coefficient (Wildman–Crippen LogP) is 5.62. The number of nitrogens with one attached hydrogen (secondary N) is 1. The van der Waals surface area contributed by atoms with Crippen LogP contribution < -0.4 is 14.8 Å². The number of rotatable bonds is 13. The van der Waals surface area contributed by atoms with Crippen LogP contribution in [-0.2, 0) is 29.0 Å². The van der Waals surface area contributed by atoms with E-state index in [1.165, 1.54) is 24.3 Å². The van der Waals surface area contributed by atoms with Crippen molar-refractivity contribution in [1.82, 2.24) is 5.32 Å². The standard InChI is InChI=1S/C30H30F3N5O5/c1-20-29(17-23-5-2-3-6-24(23)19-36-38-34,28(40)35-18-21-7-11-26(12-8-21)43-30(31,32)33)37-27(42-20)22-9-13-25(14-10-22)41-16-4-15-39/h2-3,5-14,20,39H,4,15-19H2,1H3,(H,35,40)/t20-,29-/m1/s1. The minimum atomic E-state index is -4.81. The number of nitrogens with zero attached hydrogens (tertiary/aromatic N) is 4. The molecule has 3 aromatic carbocycles. The van der Waals surface area contributed by atoms with Gasteiger partial charge in [0.05, 0.1) is 13.2 Å². The molecule has 0 unspecified atom stereocenters. The number of ether oxygens (including phenoxy) is 3. The van der Waals surface area contributed by atoms with E-state index in [4.69, 9.17) is 25.1 Å². The molecule has 0 radical (unpaired) electrons. The Morgan fingerprint density at radius 3 is 2.42 bits per heavy atom. The molecule has 43 heavy (non-hydrogen) atoms. The summed E-state index contributed by atoms with van der Waals surface area (Å²) in [5.41, 5.74) is 10.1. The number of hydrogen-bond acceptors (Lipinski definition) is 7. The van der Waals surface area contributed by atoms with E-state index in [-0.39, 0.29) is 37.8 Å². The van der Waals surface area contributed by atoms with Gasteiger partial charge < -0.3 is 24.6 Å². The number of azide groups is 1. The third kappa shape index (κ3) is 8.18. The SMILES string of the molecule is C[C@H]1OC(c2ccc(OCCCO)cc2)=N[C@@]1(Cc1ccccc1CN=[N+]=[N-])C(=O)NCc1ccc(OC(F)(F)F)cc1. The van der Waals surface area contributed by atoms with Crippen molar-refractivity contribution >= 4 is 11.8 Å². The molecule has 0 fully saturated rings. The Labute approximate surface area is 245 Å². The van der Waals surface area contributed by atoms with Crippen molar-refractivity contribution in [3.05, 3.63) is 105 Å². The highest BCUT2D eigenvalue weighted by molar-refractivity contribution is 6.01. The van der Waals surface area contributed by atoms with Crippen molar-refractivity contribution in [2.24, 2.45) is 10.1 Å². The summed E-state index contributed by atoms with van der Waals surface area (Å²) in [6.07, 6.45) is -4.89. The first-order chi connectivity index (χ1) is 20.6. The van der Waals surface area contributed by atoms with E-state index in [0.717, 1.165) is 11.1 Å². The first kappa shape index (κ1) is 31.2. The lowest BCUT2D eigenvalue weighted by Gasteiger charge is -2.29. The van der Waals surface area contributed by atoms with Crippen LogP contribution >= 0.6 is 0 Å². The van der Waals surface area contributed by atoms with Crippen LogP contribution in [0.15, 0.2) is 82.9 Å². The normalized spacial score (nSPS) is 17.8. The van der Waals surface area contributed by atoms with E-state index in [2.05, 4.69) is 20.1 Å². The molecule has 1 aliphatic heterocycles. The highest BCUT2D eigenvalue weighted by atomic mass is 19.4. The van der Waals surface area contributed by atoms with Crippen LogP contribution in [0.3, 0.4) is 0 Å². The van der Waals surface area contributed by atoms with Gasteiger partial charge in [-0.2, -0.15) is 0 Å². The highest BCUT2D eigenvalue weighted by Gasteiger charge is 2.50. The molecule has 10 nitrogen and oxygen atoms in total. The zero-order chi connectivity index (χ0) is 30.9. The van der Waals surface area contributed by atoms with Crippen molar-refractivity contribution in [3.63, 3.8) is 0 Å². The van der Waals surface area contributed by atoms with E-state index in [1.54, 1.807) is 43.3 Å². The average Bonchev–Trinajstić information content (AvgIpc) is 3.32. The second kappa shape index (κ2) is 14.0. The van der Waals surface area contributed by atoms with Gasteiger partial charge in [0.25, 0.3) is 5.91 Å². The average molecular weight is 598 g/mol. The van der Waals surface area contributed by atoms with Gasteiger partial charge in [0.2, 0.25) is 5.90 Å². The number of hydrogen-bond donors (Lipinski definition) is 2. The van der Waals surface area contributed by atoms with Crippen LogP contribution in [0.1, 0.15) is 35.6 Å². The smallest absolute Gasteiger partial charge is 0.494 e. The number of alkyl halides is 3. The first-order valence-electron chi connectivity index (χ1n) is 13.4. The van der Waals surface area contributed by atoms with Gasteiger partial charge in [-0.15, -0.1) is 13.2 Å². The van der Waals surface area contributed by atoms with Gasteiger partial charge in [0.1, 0.15) is 17.6 Å². The van der Waals surface area contributed by atoms with Crippen LogP contribution in [-0.4, -0.2) is 48.1 Å². The first-order valence-corrected chi connectivity index (χ1v) is 13.4. The number of aliphatic hydroxyl groups excluding tert-OH is 1. The molecule has 0 bridgehead atoms. The van der Waals surface area contributed by atoms with E-state index >= 15 is 0 Å². The molecule has 13 heteroatoms. The number of amides is 1. The molecule has 0 aliphatic carbocycles. The molecular weight excluding hydrogens is 567 g/mol. The van der Waals surface area contributed by atoms with Gasteiger partial charge in [0, 0.05) is 36.5 Å². The Morgan fingerprint density at radius 2 is 1.77 bits per heavy atom. The molecule has 0 spiro atoms.